The van der Waals surface area contributed by atoms with E-state index in [4.69, 9.17) is 15.2 Å². The molecule has 0 aromatic heterocycles. The van der Waals surface area contributed by atoms with E-state index in [1.807, 2.05) is 0 Å². The number of amides is 2. The molecule has 0 spiro atoms. The van der Waals surface area contributed by atoms with Gasteiger partial charge in [-0.2, -0.15) is 0 Å². The summed E-state index contributed by atoms with van der Waals surface area (Å²) >= 11 is 0. The second-order valence-corrected chi connectivity index (χ2v) is 4.93. The van der Waals surface area contributed by atoms with Crippen LogP contribution in [0, 0.1) is 0 Å². The average molecular weight is 292 g/mol. The van der Waals surface area contributed by atoms with E-state index in [0.717, 1.165) is 32.4 Å². The van der Waals surface area contributed by atoms with Crippen molar-refractivity contribution in [2.75, 3.05) is 26.8 Å². The molecule has 6 heteroatoms. The number of hydrogen-bond donors (Lipinski definition) is 1. The van der Waals surface area contributed by atoms with Crippen LogP contribution >= 0.6 is 0 Å². The Hall–Kier alpha value is -2.24. The summed E-state index contributed by atoms with van der Waals surface area (Å²) < 4.78 is 10.7. The van der Waals surface area contributed by atoms with Gasteiger partial charge in [0.25, 0.3) is 11.8 Å². The summed E-state index contributed by atoms with van der Waals surface area (Å²) in [6.45, 7) is 1.40. The Morgan fingerprint density at radius 2 is 1.95 bits per heavy atom. The molecule has 0 radical (unpaired) electrons. The lowest BCUT2D eigenvalue weighted by Gasteiger charge is -2.26. The maximum atomic E-state index is 12.1. The van der Waals surface area contributed by atoms with Gasteiger partial charge in [0, 0.05) is 13.1 Å². The number of hydrogen-bond acceptors (Lipinski definition) is 4. The van der Waals surface area contributed by atoms with Gasteiger partial charge in [0.1, 0.15) is 0 Å². The number of para-hydroxylation sites is 1. The Kier molecular flexibility index (Phi) is 5.03. The van der Waals surface area contributed by atoms with Crippen molar-refractivity contribution in [3.05, 3.63) is 23.8 Å². The highest BCUT2D eigenvalue weighted by atomic mass is 16.5. The number of carbonyl (C=O) groups excluding carboxylic acids is 2. The zero-order valence-corrected chi connectivity index (χ0v) is 12.1. The van der Waals surface area contributed by atoms with Crippen LogP contribution in [0.25, 0.3) is 0 Å². The fourth-order valence-corrected chi connectivity index (χ4v) is 2.39. The Bertz CT molecular complexity index is 524. The van der Waals surface area contributed by atoms with E-state index in [1.165, 1.54) is 7.11 Å². The van der Waals surface area contributed by atoms with Crippen LogP contribution in [-0.2, 0) is 4.79 Å². The SMILES string of the molecule is COc1cccc(C(N)=O)c1OCC(=O)N1CCCCC1. The molecule has 1 aliphatic heterocycles. The standard InChI is InChI=1S/C15H20N2O4/c1-20-12-7-5-6-11(15(16)19)14(12)21-10-13(18)17-8-3-2-4-9-17/h5-7H,2-4,8-10H2,1H3,(H2,16,19). The molecule has 0 atom stereocenters. The van der Waals surface area contributed by atoms with Crippen LogP contribution in [0.3, 0.4) is 0 Å². The van der Waals surface area contributed by atoms with Crippen molar-refractivity contribution in [2.24, 2.45) is 5.73 Å². The lowest BCUT2D eigenvalue weighted by molar-refractivity contribution is -0.134. The average Bonchev–Trinajstić information content (AvgIpc) is 2.52. The van der Waals surface area contributed by atoms with E-state index in [2.05, 4.69) is 0 Å². The number of benzene rings is 1. The predicted octanol–water partition coefficient (Wildman–Crippen LogP) is 1.19. The first-order chi connectivity index (χ1) is 10.1. The summed E-state index contributed by atoms with van der Waals surface area (Å²) in [6.07, 6.45) is 3.20. The molecule has 0 saturated carbocycles. The molecule has 1 fully saturated rings. The van der Waals surface area contributed by atoms with Gasteiger partial charge in [0.05, 0.1) is 12.7 Å². The van der Waals surface area contributed by atoms with Crippen LogP contribution in [0.15, 0.2) is 18.2 Å². The minimum atomic E-state index is -0.616. The van der Waals surface area contributed by atoms with Gasteiger partial charge >= 0.3 is 0 Å². The van der Waals surface area contributed by atoms with Crippen molar-refractivity contribution < 1.29 is 19.1 Å². The lowest BCUT2D eigenvalue weighted by Crippen LogP contribution is -2.38. The number of piperidine rings is 1. The van der Waals surface area contributed by atoms with Crippen molar-refractivity contribution in [1.29, 1.82) is 0 Å². The summed E-state index contributed by atoms with van der Waals surface area (Å²) in [6, 6.07) is 4.86. The maximum Gasteiger partial charge on any atom is 0.260 e. The zero-order chi connectivity index (χ0) is 15.2. The van der Waals surface area contributed by atoms with E-state index in [-0.39, 0.29) is 23.8 Å². The van der Waals surface area contributed by atoms with E-state index < -0.39 is 5.91 Å². The molecule has 2 amide bonds. The van der Waals surface area contributed by atoms with E-state index in [9.17, 15) is 9.59 Å². The molecule has 0 bridgehead atoms. The minimum absolute atomic E-state index is 0.0870. The summed E-state index contributed by atoms with van der Waals surface area (Å²) in [5.41, 5.74) is 5.53. The van der Waals surface area contributed by atoms with Crippen molar-refractivity contribution in [1.82, 2.24) is 4.90 Å². The van der Waals surface area contributed by atoms with Gasteiger partial charge in [-0.25, -0.2) is 0 Å². The van der Waals surface area contributed by atoms with Crippen molar-refractivity contribution in [3.8, 4) is 11.5 Å². The Morgan fingerprint density at radius 3 is 2.57 bits per heavy atom. The highest BCUT2D eigenvalue weighted by Gasteiger charge is 2.20. The first-order valence-corrected chi connectivity index (χ1v) is 7.01. The third-order valence-electron chi connectivity index (χ3n) is 3.51. The van der Waals surface area contributed by atoms with Crippen LogP contribution in [0.2, 0.25) is 0 Å². The predicted molar refractivity (Wildman–Crippen MR) is 77.4 cm³/mol. The number of nitrogens with zero attached hydrogens (tertiary/aromatic N) is 1. The number of primary amides is 1. The molecule has 2 rings (SSSR count). The van der Waals surface area contributed by atoms with Crippen LogP contribution in [0.4, 0.5) is 0 Å². The minimum Gasteiger partial charge on any atom is -0.493 e. The smallest absolute Gasteiger partial charge is 0.260 e. The van der Waals surface area contributed by atoms with Gasteiger partial charge in [-0.1, -0.05) is 6.07 Å². The summed E-state index contributed by atoms with van der Waals surface area (Å²) in [7, 11) is 1.47. The fourth-order valence-electron chi connectivity index (χ4n) is 2.39. The van der Waals surface area contributed by atoms with Crippen LogP contribution in [0.1, 0.15) is 29.6 Å². The quantitative estimate of drug-likeness (QED) is 0.883. The van der Waals surface area contributed by atoms with Crippen LogP contribution < -0.4 is 15.2 Å². The second-order valence-electron chi connectivity index (χ2n) is 4.93. The van der Waals surface area contributed by atoms with E-state index in [1.54, 1.807) is 23.1 Å². The first kappa shape index (κ1) is 15.2. The van der Waals surface area contributed by atoms with Crippen LogP contribution in [-0.4, -0.2) is 43.5 Å². The normalized spacial score (nSPS) is 14.6. The van der Waals surface area contributed by atoms with Gasteiger partial charge in [0.15, 0.2) is 18.1 Å². The molecule has 1 saturated heterocycles. The Labute approximate surface area is 123 Å². The molecule has 0 unspecified atom stereocenters. The molecule has 2 N–H and O–H groups in total. The summed E-state index contributed by atoms with van der Waals surface area (Å²) in [4.78, 5) is 25.3. The Balaban J connectivity index is 2.08. The molecule has 6 nitrogen and oxygen atoms in total. The van der Waals surface area contributed by atoms with Gasteiger partial charge < -0.3 is 20.1 Å². The maximum absolute atomic E-state index is 12.1. The van der Waals surface area contributed by atoms with Gasteiger partial charge in [-0.05, 0) is 31.4 Å². The molecule has 1 aliphatic rings. The van der Waals surface area contributed by atoms with Crippen LogP contribution in [0.5, 0.6) is 11.5 Å². The molecule has 1 aromatic carbocycles. The third-order valence-corrected chi connectivity index (χ3v) is 3.51. The molecular weight excluding hydrogens is 272 g/mol. The summed E-state index contributed by atoms with van der Waals surface area (Å²) in [5.74, 6) is -0.0963. The Morgan fingerprint density at radius 1 is 1.24 bits per heavy atom. The number of likely N-dealkylation sites (tertiary alicyclic amines) is 1. The van der Waals surface area contributed by atoms with Crippen molar-refractivity contribution in [3.63, 3.8) is 0 Å². The summed E-state index contributed by atoms with van der Waals surface area (Å²) in [5, 5.41) is 0. The second kappa shape index (κ2) is 6.97. The first-order valence-electron chi connectivity index (χ1n) is 7.01. The van der Waals surface area contributed by atoms with Crippen molar-refractivity contribution in [2.45, 2.75) is 19.3 Å². The monoisotopic (exact) mass is 292 g/mol. The van der Waals surface area contributed by atoms with E-state index in [0.29, 0.717) is 5.75 Å². The number of carbonyl (C=O) groups is 2. The molecule has 21 heavy (non-hydrogen) atoms. The zero-order valence-electron chi connectivity index (χ0n) is 12.1. The van der Waals surface area contributed by atoms with Crippen molar-refractivity contribution >= 4 is 11.8 Å². The molecule has 114 valence electrons. The number of nitrogens with two attached hydrogens (primary N) is 1. The largest absolute Gasteiger partial charge is 0.493 e. The van der Waals surface area contributed by atoms with E-state index >= 15 is 0 Å². The number of rotatable bonds is 5. The molecular formula is C15H20N2O4. The van der Waals surface area contributed by atoms with Gasteiger partial charge in [-0.3, -0.25) is 9.59 Å². The highest BCUT2D eigenvalue weighted by molar-refractivity contribution is 5.96. The molecule has 1 aromatic rings. The third kappa shape index (κ3) is 3.65. The van der Waals surface area contributed by atoms with Gasteiger partial charge in [0.2, 0.25) is 0 Å². The fraction of sp³-hybridized carbons (Fsp3) is 0.467. The number of methoxy groups -OCH3 is 1. The number of ether oxygens (including phenoxy) is 2. The topological polar surface area (TPSA) is 81.9 Å². The molecule has 0 aliphatic carbocycles. The lowest BCUT2D eigenvalue weighted by atomic mass is 10.1. The highest BCUT2D eigenvalue weighted by Crippen LogP contribution is 2.30. The van der Waals surface area contributed by atoms with Gasteiger partial charge in [-0.15, -0.1) is 0 Å². The molecule has 1 heterocycles.